The maximum atomic E-state index is 13.8. The predicted octanol–water partition coefficient (Wildman–Crippen LogP) is 7.26. The second-order valence-electron chi connectivity index (χ2n) is 7.69. The third-order valence-corrected chi connectivity index (χ3v) is 7.86. The van der Waals surface area contributed by atoms with Crippen LogP contribution in [-0.4, -0.2) is 20.3 Å². The van der Waals surface area contributed by atoms with Gasteiger partial charge in [0, 0.05) is 40.0 Å². The highest BCUT2D eigenvalue weighted by Gasteiger charge is 2.34. The van der Waals surface area contributed by atoms with E-state index in [1.54, 1.807) is 0 Å². The number of hydrogen-bond donors (Lipinski definition) is 0. The summed E-state index contributed by atoms with van der Waals surface area (Å²) in [5.41, 5.74) is 4.48. The van der Waals surface area contributed by atoms with Gasteiger partial charge in [-0.15, -0.1) is 0 Å². The van der Waals surface area contributed by atoms with Crippen molar-refractivity contribution in [2.75, 3.05) is 25.2 Å². The molecule has 0 amide bonds. The van der Waals surface area contributed by atoms with Crippen molar-refractivity contribution < 1.29 is 18.1 Å². The Morgan fingerprint density at radius 3 is 1.86 bits per heavy atom. The van der Waals surface area contributed by atoms with E-state index in [0.717, 1.165) is 33.0 Å². The highest BCUT2D eigenvalue weighted by molar-refractivity contribution is 8.03. The fourth-order valence-electron chi connectivity index (χ4n) is 3.76. The quantitative estimate of drug-likeness (QED) is 0.120. The van der Waals surface area contributed by atoms with E-state index in [0.29, 0.717) is 5.09 Å². The zero-order valence-corrected chi connectivity index (χ0v) is 21.4. The maximum Gasteiger partial charge on any atom is 0.530 e. The molecule has 0 aromatic heterocycles. The Morgan fingerprint density at radius 2 is 1.33 bits per heavy atom. The van der Waals surface area contributed by atoms with Gasteiger partial charge >= 0.3 is 7.82 Å². The summed E-state index contributed by atoms with van der Waals surface area (Å²) in [5.74, 6) is 0. The molecule has 0 unspecified atom stereocenters. The Kier molecular flexibility index (Phi) is 8.48. The van der Waals surface area contributed by atoms with Crippen LogP contribution in [0.3, 0.4) is 0 Å². The van der Waals surface area contributed by atoms with Gasteiger partial charge in [0.25, 0.3) is 0 Å². The molecule has 1 heterocycles. The molecule has 0 saturated heterocycles. The number of nitriles is 2. The molecule has 0 radical (unpaired) electrons. The number of anilines is 2. The Hall–Kier alpha value is -3.52. The fraction of sp³-hybridized carbons (Fsp3) is 0.185. The second kappa shape index (κ2) is 11.9. The van der Waals surface area contributed by atoms with Crippen LogP contribution in [0.25, 0.3) is 5.57 Å². The number of phosphoric acid groups is 1. The third kappa shape index (κ3) is 5.82. The molecule has 4 rings (SSSR count). The molecule has 0 atom stereocenters. The molecule has 0 fully saturated rings. The molecular weight excluding hydrogens is 493 g/mol. The Bertz CT molecular complexity index is 1310. The highest BCUT2D eigenvalue weighted by Crippen LogP contribution is 2.57. The van der Waals surface area contributed by atoms with Gasteiger partial charge in [0.1, 0.15) is 0 Å². The van der Waals surface area contributed by atoms with Gasteiger partial charge in [0.2, 0.25) is 0 Å². The largest absolute Gasteiger partial charge is 0.530 e. The number of fused-ring (bicyclic) bond motifs is 2. The monoisotopic (exact) mass is 517 g/mol. The van der Waals surface area contributed by atoms with Crippen molar-refractivity contribution in [3.8, 4) is 12.1 Å². The first-order chi connectivity index (χ1) is 17.6. The molecule has 0 saturated carbocycles. The van der Waals surface area contributed by atoms with Crippen LogP contribution in [0.15, 0.2) is 88.8 Å². The van der Waals surface area contributed by atoms with Crippen LogP contribution >= 0.6 is 19.6 Å². The summed E-state index contributed by atoms with van der Waals surface area (Å²) in [6.45, 7) is -0.260. The topological polar surface area (TPSA) is 95.6 Å². The molecule has 7 nitrogen and oxygen atoms in total. The lowest BCUT2D eigenvalue weighted by molar-refractivity contribution is 0.145. The zero-order chi connectivity index (χ0) is 25.4. The average molecular weight is 518 g/mol. The molecule has 1 aliphatic rings. The minimum atomic E-state index is -4.17. The van der Waals surface area contributed by atoms with Crippen LogP contribution in [0.5, 0.6) is 0 Å². The molecule has 36 heavy (non-hydrogen) atoms. The van der Waals surface area contributed by atoms with Gasteiger partial charge in [-0.25, -0.2) is 4.57 Å². The molecule has 0 aliphatic carbocycles. The van der Waals surface area contributed by atoms with Crippen LogP contribution < -0.4 is 4.90 Å². The smallest absolute Gasteiger partial charge is 0.396 e. The molecule has 0 bridgehead atoms. The first kappa shape index (κ1) is 25.6. The van der Waals surface area contributed by atoms with Crippen molar-refractivity contribution in [3.63, 3.8) is 0 Å². The molecule has 1 aliphatic heterocycles. The fourth-order valence-corrected chi connectivity index (χ4v) is 6.11. The molecule has 0 spiro atoms. The summed E-state index contributed by atoms with van der Waals surface area (Å²) >= 11 is 1.31. The van der Waals surface area contributed by atoms with Gasteiger partial charge in [-0.2, -0.15) is 10.5 Å². The summed E-state index contributed by atoms with van der Waals surface area (Å²) in [6, 6.07) is 29.3. The molecule has 182 valence electrons. The van der Waals surface area contributed by atoms with E-state index in [-0.39, 0.29) is 26.1 Å². The second-order valence-corrected chi connectivity index (χ2v) is 10.3. The van der Waals surface area contributed by atoms with Crippen LogP contribution in [0, 0.1) is 22.7 Å². The van der Waals surface area contributed by atoms with Gasteiger partial charge in [0.05, 0.1) is 38.2 Å². The minimum absolute atomic E-state index is 0.0170. The summed E-state index contributed by atoms with van der Waals surface area (Å²) in [6.07, 6.45) is 0.0340. The van der Waals surface area contributed by atoms with Crippen LogP contribution in [0.2, 0.25) is 0 Å². The summed E-state index contributed by atoms with van der Waals surface area (Å²) in [4.78, 5) is 2.97. The van der Waals surface area contributed by atoms with Crippen LogP contribution in [0.4, 0.5) is 11.4 Å². The van der Waals surface area contributed by atoms with E-state index in [1.165, 1.54) is 11.8 Å². The van der Waals surface area contributed by atoms with Crippen LogP contribution in [0.1, 0.15) is 24.0 Å². The molecule has 3 aromatic rings. The number of hydrogen-bond acceptors (Lipinski definition) is 8. The number of para-hydroxylation sites is 2. The lowest BCUT2D eigenvalue weighted by atomic mass is 9.91. The van der Waals surface area contributed by atoms with E-state index in [1.807, 2.05) is 98.0 Å². The number of benzene rings is 3. The zero-order valence-electron chi connectivity index (χ0n) is 19.7. The van der Waals surface area contributed by atoms with Crippen molar-refractivity contribution in [3.05, 3.63) is 95.1 Å². The highest BCUT2D eigenvalue weighted by atomic mass is 32.2. The van der Waals surface area contributed by atoms with Crippen molar-refractivity contribution in [2.45, 2.75) is 17.7 Å². The number of rotatable bonds is 10. The van der Waals surface area contributed by atoms with Gasteiger partial charge in [-0.1, -0.05) is 66.4 Å². The predicted molar refractivity (Wildman–Crippen MR) is 140 cm³/mol. The average Bonchev–Trinajstić information content (AvgIpc) is 2.90. The summed E-state index contributed by atoms with van der Waals surface area (Å²) in [5, 5.41) is 18.2. The van der Waals surface area contributed by atoms with Gasteiger partial charge in [-0.05, 0) is 24.3 Å². The minimum Gasteiger partial charge on any atom is -0.396 e. The van der Waals surface area contributed by atoms with E-state index in [2.05, 4.69) is 4.90 Å². The van der Waals surface area contributed by atoms with Gasteiger partial charge in [0.15, 0.2) is 5.09 Å². The lowest BCUT2D eigenvalue weighted by Gasteiger charge is -2.33. The Labute approximate surface area is 215 Å². The number of thioether (sulfide) groups is 1. The molecular formula is C27H24N3O4PS. The van der Waals surface area contributed by atoms with E-state index < -0.39 is 7.82 Å². The maximum absolute atomic E-state index is 13.8. The third-order valence-electron chi connectivity index (χ3n) is 5.35. The van der Waals surface area contributed by atoms with Crippen LogP contribution in [-0.2, 0) is 18.1 Å². The lowest BCUT2D eigenvalue weighted by Crippen LogP contribution is -2.18. The SMILES string of the molecule is CN1c2ccccc2C(=C(OP(=O)(OCCC#N)OCCC#N)Sc2ccccc2)c2ccccc21. The molecule has 0 N–H and O–H groups in total. The van der Waals surface area contributed by atoms with Gasteiger partial charge in [-0.3, -0.25) is 9.05 Å². The van der Waals surface area contributed by atoms with E-state index in [9.17, 15) is 4.57 Å². The summed E-state index contributed by atoms with van der Waals surface area (Å²) in [7, 11) is -2.17. The number of nitrogens with zero attached hydrogens (tertiary/aromatic N) is 3. The summed E-state index contributed by atoms with van der Waals surface area (Å²) < 4.78 is 30.9. The standard InChI is InChI=1S/C27H24N3O4PS/c1-30-24-15-7-5-13-22(24)26(23-14-6-8-16-25(23)30)27(36-21-11-3-2-4-12-21)34-35(31,32-19-9-17-28)33-20-10-18-29/h2-8,11-16H,9-10,19-20H2,1H3. The first-order valence-electron chi connectivity index (χ1n) is 11.3. The van der Waals surface area contributed by atoms with Crippen molar-refractivity contribution in [1.82, 2.24) is 0 Å². The van der Waals surface area contributed by atoms with Gasteiger partial charge < -0.3 is 9.42 Å². The van der Waals surface area contributed by atoms with Crippen molar-refractivity contribution in [1.29, 1.82) is 10.5 Å². The van der Waals surface area contributed by atoms with Crippen molar-refractivity contribution in [2.24, 2.45) is 0 Å². The normalized spacial score (nSPS) is 12.2. The molecule has 3 aromatic carbocycles. The Morgan fingerprint density at radius 1 is 0.833 bits per heavy atom. The molecule has 9 heteroatoms. The van der Waals surface area contributed by atoms with E-state index in [4.69, 9.17) is 24.1 Å². The Balaban J connectivity index is 1.88. The van der Waals surface area contributed by atoms with E-state index >= 15 is 0 Å². The number of phosphoric ester groups is 1. The first-order valence-corrected chi connectivity index (χ1v) is 13.6. The van der Waals surface area contributed by atoms with Crippen molar-refractivity contribution >= 4 is 36.5 Å².